The Kier molecular flexibility index (Phi) is 8.95. The van der Waals surface area contributed by atoms with Gasteiger partial charge in [-0.2, -0.15) is 0 Å². The van der Waals surface area contributed by atoms with Gasteiger partial charge in [-0.05, 0) is 72.1 Å². The van der Waals surface area contributed by atoms with Crippen LogP contribution in [0.1, 0.15) is 76.2 Å². The molecule has 2 amide bonds. The Morgan fingerprint density at radius 2 is 1.63 bits per heavy atom. The van der Waals surface area contributed by atoms with Gasteiger partial charge in [-0.15, -0.1) is 0 Å². The van der Waals surface area contributed by atoms with Crippen molar-refractivity contribution in [2.24, 2.45) is 28.3 Å². The highest BCUT2D eigenvalue weighted by molar-refractivity contribution is 6.48. The second-order valence-corrected chi connectivity index (χ2v) is 15.7. The van der Waals surface area contributed by atoms with E-state index in [4.69, 9.17) is 14.1 Å². The largest absolute Gasteiger partial charge is 0.481 e. The molecule has 1 unspecified atom stereocenters. The average molecular weight is 662 g/mol. The van der Waals surface area contributed by atoms with Gasteiger partial charge >= 0.3 is 7.12 Å². The van der Waals surface area contributed by atoms with E-state index in [1.54, 1.807) is 0 Å². The molecule has 5 aliphatic rings. The first-order valence-corrected chi connectivity index (χ1v) is 17.8. The first-order chi connectivity index (χ1) is 23.5. The molecule has 3 saturated carbocycles. The summed E-state index contributed by atoms with van der Waals surface area (Å²) in [6, 6.07) is 27.3. The van der Waals surface area contributed by atoms with Crippen LogP contribution >= 0.6 is 0 Å². The Bertz CT molecular complexity index is 1720. The summed E-state index contributed by atoms with van der Waals surface area (Å²) in [7, 11) is -0.545. The summed E-state index contributed by atoms with van der Waals surface area (Å²) in [6.45, 7) is 11.4. The van der Waals surface area contributed by atoms with Gasteiger partial charge in [0.1, 0.15) is 0 Å². The zero-order valence-electron chi connectivity index (χ0n) is 29.3. The van der Waals surface area contributed by atoms with E-state index >= 15 is 0 Å². The fourth-order valence-electron chi connectivity index (χ4n) is 8.81. The van der Waals surface area contributed by atoms with E-state index in [0.717, 1.165) is 23.1 Å². The molecule has 256 valence electrons. The SMILES string of the molecule is CC(C)C[C@H](NC(=O)C1(Cc2ccccc2)CC(CNC(=O)c2ccccc2-c2ccccc2)=NO1)B1O[C@@H]2C[C@@H]3C[C@@H](C3(C)C)[C@]2(C)O1. The van der Waals surface area contributed by atoms with Crippen LogP contribution in [0.5, 0.6) is 0 Å². The van der Waals surface area contributed by atoms with Crippen LogP contribution in [0.15, 0.2) is 90.1 Å². The normalized spacial score (nSPS) is 28.6. The third-order valence-electron chi connectivity index (χ3n) is 11.6. The van der Waals surface area contributed by atoms with Gasteiger partial charge < -0.3 is 24.8 Å². The van der Waals surface area contributed by atoms with Gasteiger partial charge in [-0.3, -0.25) is 9.59 Å². The lowest BCUT2D eigenvalue weighted by atomic mass is 9.43. The number of hydrogen-bond donors (Lipinski definition) is 2. The van der Waals surface area contributed by atoms with Crippen molar-refractivity contribution in [3.63, 3.8) is 0 Å². The summed E-state index contributed by atoms with van der Waals surface area (Å²) in [6.07, 6.45) is 3.44. The minimum absolute atomic E-state index is 0.0208. The second-order valence-electron chi connectivity index (χ2n) is 15.7. The molecule has 1 saturated heterocycles. The van der Waals surface area contributed by atoms with Gasteiger partial charge in [0.05, 0.1) is 29.9 Å². The molecule has 3 aromatic rings. The van der Waals surface area contributed by atoms with Crippen molar-refractivity contribution in [3.8, 4) is 11.1 Å². The summed E-state index contributed by atoms with van der Waals surface area (Å²) < 4.78 is 13.5. The van der Waals surface area contributed by atoms with Crippen LogP contribution in [0, 0.1) is 23.2 Å². The van der Waals surface area contributed by atoms with E-state index in [1.165, 1.54) is 6.42 Å². The van der Waals surface area contributed by atoms with Crippen molar-refractivity contribution in [1.29, 1.82) is 0 Å². The van der Waals surface area contributed by atoms with Crippen molar-refractivity contribution < 1.29 is 23.7 Å². The number of carbonyl (C=O) groups is 2. The Morgan fingerprint density at radius 1 is 0.939 bits per heavy atom. The van der Waals surface area contributed by atoms with Gasteiger partial charge in [-0.1, -0.05) is 112 Å². The highest BCUT2D eigenvalue weighted by atomic mass is 16.7. The lowest BCUT2D eigenvalue weighted by molar-refractivity contribution is -0.199. The molecule has 2 N–H and O–H groups in total. The third-order valence-corrected chi connectivity index (χ3v) is 11.6. The monoisotopic (exact) mass is 661 g/mol. The number of amides is 2. The molecular formula is C40H48BN3O5. The maximum absolute atomic E-state index is 14.5. The topological polar surface area (TPSA) is 98.3 Å². The quantitative estimate of drug-likeness (QED) is 0.225. The molecule has 6 atom stereocenters. The van der Waals surface area contributed by atoms with E-state index in [-0.39, 0.29) is 47.8 Å². The molecule has 49 heavy (non-hydrogen) atoms. The van der Waals surface area contributed by atoms with E-state index in [2.05, 4.69) is 50.4 Å². The Balaban J connectivity index is 1.07. The first kappa shape index (κ1) is 33.5. The maximum atomic E-state index is 14.5. The maximum Gasteiger partial charge on any atom is 0.481 e. The number of benzene rings is 3. The number of nitrogens with one attached hydrogen (secondary N) is 2. The van der Waals surface area contributed by atoms with Crippen LogP contribution in [0.2, 0.25) is 0 Å². The minimum atomic E-state index is -1.28. The van der Waals surface area contributed by atoms with Gasteiger partial charge in [-0.25, -0.2) is 0 Å². The molecule has 2 aliphatic heterocycles. The number of nitrogens with zero attached hydrogens (tertiary/aromatic N) is 1. The minimum Gasteiger partial charge on any atom is -0.404 e. The predicted octanol–water partition coefficient (Wildman–Crippen LogP) is 6.64. The van der Waals surface area contributed by atoms with Crippen LogP contribution in [-0.4, -0.2) is 54.4 Å². The Labute approximate surface area is 290 Å². The fraction of sp³-hybridized carbons (Fsp3) is 0.475. The summed E-state index contributed by atoms with van der Waals surface area (Å²) in [5.41, 5.74) is 2.53. The third kappa shape index (κ3) is 6.32. The number of carbonyl (C=O) groups excluding carboxylic acids is 2. The molecule has 0 aromatic heterocycles. The molecule has 3 aromatic carbocycles. The molecular weight excluding hydrogens is 613 g/mol. The summed E-state index contributed by atoms with van der Waals surface area (Å²) >= 11 is 0. The second kappa shape index (κ2) is 13.1. The molecule has 2 bridgehead atoms. The van der Waals surface area contributed by atoms with Crippen molar-refractivity contribution in [2.75, 3.05) is 6.54 Å². The molecule has 8 rings (SSSR count). The lowest BCUT2D eigenvalue weighted by Crippen LogP contribution is -2.65. The number of hydrogen-bond acceptors (Lipinski definition) is 6. The highest BCUT2D eigenvalue weighted by Gasteiger charge is 2.68. The van der Waals surface area contributed by atoms with Crippen molar-refractivity contribution >= 4 is 24.6 Å². The number of oxime groups is 1. The van der Waals surface area contributed by atoms with Crippen LogP contribution in [0.4, 0.5) is 0 Å². The fourth-order valence-corrected chi connectivity index (χ4v) is 8.81. The summed E-state index contributed by atoms with van der Waals surface area (Å²) in [4.78, 5) is 34.1. The Hall–Kier alpha value is -3.95. The van der Waals surface area contributed by atoms with E-state index in [9.17, 15) is 9.59 Å². The van der Waals surface area contributed by atoms with E-state index < -0.39 is 12.7 Å². The first-order valence-electron chi connectivity index (χ1n) is 17.8. The molecule has 2 heterocycles. The van der Waals surface area contributed by atoms with Crippen LogP contribution in [-0.2, 0) is 25.4 Å². The predicted molar refractivity (Wildman–Crippen MR) is 192 cm³/mol. The molecule has 0 spiro atoms. The molecule has 4 fully saturated rings. The van der Waals surface area contributed by atoms with Crippen molar-refractivity contribution in [1.82, 2.24) is 10.6 Å². The van der Waals surface area contributed by atoms with Gasteiger partial charge in [0, 0.05) is 18.4 Å². The Morgan fingerprint density at radius 3 is 2.35 bits per heavy atom. The van der Waals surface area contributed by atoms with Crippen LogP contribution in [0.3, 0.4) is 0 Å². The zero-order chi connectivity index (χ0) is 34.4. The molecule has 8 nitrogen and oxygen atoms in total. The van der Waals surface area contributed by atoms with E-state index in [0.29, 0.717) is 41.9 Å². The van der Waals surface area contributed by atoms with Gasteiger partial charge in [0.15, 0.2) is 0 Å². The molecule has 3 aliphatic carbocycles. The van der Waals surface area contributed by atoms with Crippen molar-refractivity contribution in [3.05, 3.63) is 96.1 Å². The van der Waals surface area contributed by atoms with Gasteiger partial charge in [0.2, 0.25) is 5.60 Å². The van der Waals surface area contributed by atoms with E-state index in [1.807, 2.05) is 84.9 Å². The van der Waals surface area contributed by atoms with Crippen molar-refractivity contribution in [2.45, 2.75) is 90.0 Å². The van der Waals surface area contributed by atoms with Gasteiger partial charge in [0.25, 0.3) is 11.8 Å². The molecule has 0 radical (unpaired) electrons. The van der Waals surface area contributed by atoms with Crippen LogP contribution in [0.25, 0.3) is 11.1 Å². The highest BCUT2D eigenvalue weighted by Crippen LogP contribution is 2.65. The number of rotatable bonds is 11. The smallest absolute Gasteiger partial charge is 0.404 e. The zero-order valence-corrected chi connectivity index (χ0v) is 29.3. The van der Waals surface area contributed by atoms with Crippen LogP contribution < -0.4 is 10.6 Å². The average Bonchev–Trinajstić information content (AvgIpc) is 3.68. The summed E-state index contributed by atoms with van der Waals surface area (Å²) in [5.74, 6) is 0.546. The molecule has 9 heteroatoms. The lowest BCUT2D eigenvalue weighted by Gasteiger charge is -2.64. The standard InChI is InChI=1S/C40H48BN3O5/c1-26(2)20-35(41-47-34-22-29-21-33(38(29,3)4)39(34,5)48-41)43-37(46)40(23-27-14-8-6-9-15-27)24-30(44-49-40)25-42-36(45)32-19-13-12-18-31(32)28-16-10-7-11-17-28/h6-19,26,29,33-35H,20-25H2,1-5H3,(H,42,45)(H,43,46)/t29-,33-,34+,35-,39-,40?/m0/s1. The summed E-state index contributed by atoms with van der Waals surface area (Å²) in [5, 5.41) is 10.8.